The maximum Gasteiger partial charge on any atom is 0.0585 e. The number of likely N-dealkylation sites (N-methyl/N-ethyl adjacent to an activating group) is 1. The Balaban J connectivity index is 2.18. The Labute approximate surface area is 116 Å². The quantitative estimate of drug-likeness (QED) is 0.669. The minimum absolute atomic E-state index is 0.220. The first kappa shape index (κ1) is 16.1. The number of aliphatic hydroxyl groups excluding tert-OH is 1. The number of hydrogen-bond donors (Lipinski definition) is 2. The summed E-state index contributed by atoms with van der Waals surface area (Å²) < 4.78 is 0. The maximum atomic E-state index is 9.29. The van der Waals surface area contributed by atoms with Gasteiger partial charge in [0.05, 0.1) is 6.61 Å². The Morgan fingerprint density at radius 3 is 2.68 bits per heavy atom. The van der Waals surface area contributed by atoms with Gasteiger partial charge in [-0.1, -0.05) is 6.92 Å². The molecule has 1 atom stereocenters. The van der Waals surface area contributed by atoms with Crippen molar-refractivity contribution in [2.24, 2.45) is 0 Å². The van der Waals surface area contributed by atoms with Gasteiger partial charge in [-0.2, -0.15) is 0 Å². The van der Waals surface area contributed by atoms with E-state index in [1.54, 1.807) is 0 Å². The smallest absolute Gasteiger partial charge is 0.0585 e. The molecular weight excluding hydrogens is 238 g/mol. The summed E-state index contributed by atoms with van der Waals surface area (Å²) in [4.78, 5) is 6.34. The zero-order valence-electron chi connectivity index (χ0n) is 12.2. The van der Waals surface area contributed by atoms with E-state index in [1.165, 1.54) is 5.56 Å². The first-order valence-corrected chi connectivity index (χ1v) is 7.18. The minimum atomic E-state index is 0.220. The van der Waals surface area contributed by atoms with Gasteiger partial charge in [-0.15, -0.1) is 0 Å². The molecule has 0 aliphatic rings. The van der Waals surface area contributed by atoms with Crippen molar-refractivity contribution in [3.05, 3.63) is 30.1 Å². The molecule has 1 aromatic rings. The highest BCUT2D eigenvalue weighted by atomic mass is 16.3. The molecular formula is C15H27N3O. The van der Waals surface area contributed by atoms with E-state index in [2.05, 4.69) is 41.3 Å². The highest BCUT2D eigenvalue weighted by molar-refractivity contribution is 5.09. The van der Waals surface area contributed by atoms with Crippen LogP contribution in [0.15, 0.2) is 24.5 Å². The molecule has 0 aromatic carbocycles. The van der Waals surface area contributed by atoms with Crippen LogP contribution in [0.5, 0.6) is 0 Å². The standard InChI is InChI=1S/C15H27N3O/c1-3-8-17-15(13-19)7-12-18(2)11-6-14-4-9-16-10-5-14/h4-5,9-10,15,17,19H,3,6-8,11-13H2,1-2H3. The first-order chi connectivity index (χ1) is 9.26. The van der Waals surface area contributed by atoms with E-state index >= 15 is 0 Å². The molecule has 1 heterocycles. The van der Waals surface area contributed by atoms with Crippen molar-refractivity contribution in [3.63, 3.8) is 0 Å². The van der Waals surface area contributed by atoms with Gasteiger partial charge in [0, 0.05) is 25.0 Å². The number of rotatable bonds is 10. The third kappa shape index (κ3) is 7.25. The van der Waals surface area contributed by atoms with Crippen molar-refractivity contribution in [3.8, 4) is 0 Å². The summed E-state index contributed by atoms with van der Waals surface area (Å²) in [5.74, 6) is 0. The van der Waals surface area contributed by atoms with Crippen LogP contribution in [0.25, 0.3) is 0 Å². The fourth-order valence-corrected chi connectivity index (χ4v) is 1.96. The molecule has 0 spiro atoms. The van der Waals surface area contributed by atoms with Gasteiger partial charge < -0.3 is 15.3 Å². The molecule has 0 fully saturated rings. The average molecular weight is 265 g/mol. The van der Waals surface area contributed by atoms with E-state index < -0.39 is 0 Å². The predicted octanol–water partition coefficient (Wildman–Crippen LogP) is 1.31. The molecule has 4 heteroatoms. The Kier molecular flexibility index (Phi) is 8.38. The molecule has 4 nitrogen and oxygen atoms in total. The Morgan fingerprint density at radius 2 is 2.05 bits per heavy atom. The largest absolute Gasteiger partial charge is 0.395 e. The van der Waals surface area contributed by atoms with E-state index in [9.17, 15) is 5.11 Å². The summed E-state index contributed by atoms with van der Waals surface area (Å²) in [7, 11) is 2.13. The molecule has 108 valence electrons. The molecule has 1 rings (SSSR count). The van der Waals surface area contributed by atoms with E-state index in [-0.39, 0.29) is 12.6 Å². The van der Waals surface area contributed by atoms with Crippen molar-refractivity contribution in [2.75, 3.05) is 33.3 Å². The Morgan fingerprint density at radius 1 is 1.32 bits per heavy atom. The van der Waals surface area contributed by atoms with Crippen LogP contribution >= 0.6 is 0 Å². The minimum Gasteiger partial charge on any atom is -0.395 e. The first-order valence-electron chi connectivity index (χ1n) is 7.18. The summed E-state index contributed by atoms with van der Waals surface area (Å²) in [6.45, 7) is 5.38. The average Bonchev–Trinajstić information content (AvgIpc) is 2.46. The summed E-state index contributed by atoms with van der Waals surface area (Å²) in [5, 5.41) is 12.6. The van der Waals surface area contributed by atoms with Crippen LogP contribution in [0, 0.1) is 0 Å². The number of nitrogens with zero attached hydrogens (tertiary/aromatic N) is 2. The second-order valence-corrected chi connectivity index (χ2v) is 5.03. The summed E-state index contributed by atoms with van der Waals surface area (Å²) in [5.41, 5.74) is 1.32. The third-order valence-electron chi connectivity index (χ3n) is 3.29. The van der Waals surface area contributed by atoms with E-state index in [0.717, 1.165) is 38.9 Å². The lowest BCUT2D eigenvalue weighted by Crippen LogP contribution is -2.36. The second-order valence-electron chi connectivity index (χ2n) is 5.03. The van der Waals surface area contributed by atoms with Crippen LogP contribution in [0.3, 0.4) is 0 Å². The van der Waals surface area contributed by atoms with Gasteiger partial charge >= 0.3 is 0 Å². The number of aliphatic hydroxyl groups is 1. The van der Waals surface area contributed by atoms with Gasteiger partial charge in [0.1, 0.15) is 0 Å². The molecule has 0 bridgehead atoms. The molecule has 19 heavy (non-hydrogen) atoms. The lowest BCUT2D eigenvalue weighted by Gasteiger charge is -2.21. The fraction of sp³-hybridized carbons (Fsp3) is 0.667. The molecule has 1 aromatic heterocycles. The monoisotopic (exact) mass is 265 g/mol. The van der Waals surface area contributed by atoms with Crippen molar-refractivity contribution in [1.29, 1.82) is 0 Å². The van der Waals surface area contributed by atoms with Crippen LogP contribution in [-0.2, 0) is 6.42 Å². The van der Waals surface area contributed by atoms with E-state index in [0.29, 0.717) is 0 Å². The normalized spacial score (nSPS) is 12.8. The van der Waals surface area contributed by atoms with Gasteiger partial charge in [0.15, 0.2) is 0 Å². The van der Waals surface area contributed by atoms with Gasteiger partial charge in [-0.05, 0) is 57.1 Å². The molecule has 0 saturated carbocycles. The Hall–Kier alpha value is -0.970. The molecule has 0 radical (unpaired) electrons. The summed E-state index contributed by atoms with van der Waals surface area (Å²) >= 11 is 0. The van der Waals surface area contributed by atoms with Crippen molar-refractivity contribution in [1.82, 2.24) is 15.2 Å². The second kappa shape index (κ2) is 9.89. The number of pyridine rings is 1. The lowest BCUT2D eigenvalue weighted by atomic mass is 10.1. The molecule has 0 aliphatic heterocycles. The van der Waals surface area contributed by atoms with Crippen LogP contribution in [0.1, 0.15) is 25.3 Å². The van der Waals surface area contributed by atoms with Gasteiger partial charge in [0.25, 0.3) is 0 Å². The number of nitrogens with one attached hydrogen (secondary N) is 1. The molecule has 2 N–H and O–H groups in total. The SMILES string of the molecule is CCCNC(CO)CCN(C)CCc1ccncc1. The topological polar surface area (TPSA) is 48.4 Å². The Bertz CT molecular complexity index is 318. The molecule has 1 unspecified atom stereocenters. The van der Waals surface area contributed by atoms with Crippen molar-refractivity contribution < 1.29 is 5.11 Å². The molecule has 0 amide bonds. The van der Waals surface area contributed by atoms with Gasteiger partial charge in [-0.25, -0.2) is 0 Å². The zero-order chi connectivity index (χ0) is 13.9. The highest BCUT2D eigenvalue weighted by Crippen LogP contribution is 2.00. The fourth-order valence-electron chi connectivity index (χ4n) is 1.96. The van der Waals surface area contributed by atoms with Crippen molar-refractivity contribution >= 4 is 0 Å². The molecule has 0 saturated heterocycles. The van der Waals surface area contributed by atoms with Crippen molar-refractivity contribution in [2.45, 2.75) is 32.2 Å². The van der Waals surface area contributed by atoms with E-state index in [4.69, 9.17) is 0 Å². The van der Waals surface area contributed by atoms with Crippen LogP contribution < -0.4 is 5.32 Å². The molecule has 0 aliphatic carbocycles. The van der Waals surface area contributed by atoms with Crippen LogP contribution in [-0.4, -0.2) is 54.3 Å². The lowest BCUT2D eigenvalue weighted by molar-refractivity contribution is 0.218. The van der Waals surface area contributed by atoms with Crippen LogP contribution in [0.4, 0.5) is 0 Å². The third-order valence-corrected chi connectivity index (χ3v) is 3.29. The number of aromatic nitrogens is 1. The summed E-state index contributed by atoms with van der Waals surface area (Å²) in [6, 6.07) is 4.35. The maximum absolute atomic E-state index is 9.29. The van der Waals surface area contributed by atoms with Gasteiger partial charge in [-0.3, -0.25) is 4.98 Å². The zero-order valence-corrected chi connectivity index (χ0v) is 12.2. The van der Waals surface area contributed by atoms with E-state index in [1.807, 2.05) is 12.4 Å². The predicted molar refractivity (Wildman–Crippen MR) is 79.2 cm³/mol. The number of hydrogen-bond acceptors (Lipinski definition) is 4. The van der Waals surface area contributed by atoms with Crippen LogP contribution in [0.2, 0.25) is 0 Å². The highest BCUT2D eigenvalue weighted by Gasteiger charge is 2.07. The van der Waals surface area contributed by atoms with Gasteiger partial charge in [0.2, 0.25) is 0 Å². The summed E-state index contributed by atoms with van der Waals surface area (Å²) in [6.07, 6.45) is 6.82.